The van der Waals surface area contributed by atoms with Crippen molar-refractivity contribution < 1.29 is 13.2 Å². The summed E-state index contributed by atoms with van der Waals surface area (Å²) in [6.45, 7) is 0.321. The number of rotatable bonds is 3. The van der Waals surface area contributed by atoms with Gasteiger partial charge in [0.05, 0.1) is 5.56 Å². The monoisotopic (exact) mass is 268 g/mol. The Bertz CT molecular complexity index is 555. The Kier molecular flexibility index (Phi) is 3.55. The molecule has 2 aromatic rings. The van der Waals surface area contributed by atoms with E-state index in [9.17, 15) is 13.2 Å². The Morgan fingerprint density at radius 2 is 2.05 bits per heavy atom. The molecule has 100 valence electrons. The van der Waals surface area contributed by atoms with E-state index in [0.717, 1.165) is 17.7 Å². The number of nitrogens with two attached hydrogens (primary N) is 1. The molecule has 2 heterocycles. The minimum Gasteiger partial charge on any atom is -0.384 e. The molecule has 0 atom stereocenters. The van der Waals surface area contributed by atoms with Gasteiger partial charge in [-0.15, -0.1) is 0 Å². The summed E-state index contributed by atoms with van der Waals surface area (Å²) in [6, 6.07) is 5.27. The summed E-state index contributed by atoms with van der Waals surface area (Å²) in [5.41, 5.74) is 5.37. The van der Waals surface area contributed by atoms with Gasteiger partial charge in [-0.25, -0.2) is 4.98 Å². The molecule has 7 heteroatoms. The van der Waals surface area contributed by atoms with Crippen molar-refractivity contribution in [2.75, 3.05) is 11.1 Å². The molecule has 0 aromatic carbocycles. The van der Waals surface area contributed by atoms with Gasteiger partial charge in [0, 0.05) is 18.9 Å². The van der Waals surface area contributed by atoms with Crippen LogP contribution in [0.5, 0.6) is 0 Å². The summed E-state index contributed by atoms with van der Waals surface area (Å²) in [6.07, 6.45) is -1.21. The van der Waals surface area contributed by atoms with Gasteiger partial charge in [-0.05, 0) is 23.8 Å². The van der Waals surface area contributed by atoms with E-state index < -0.39 is 11.7 Å². The van der Waals surface area contributed by atoms with Gasteiger partial charge >= 0.3 is 6.18 Å². The molecule has 0 amide bonds. The van der Waals surface area contributed by atoms with Crippen LogP contribution in [0.4, 0.5) is 24.8 Å². The maximum absolute atomic E-state index is 12.6. The van der Waals surface area contributed by atoms with E-state index in [1.165, 1.54) is 0 Å². The van der Waals surface area contributed by atoms with Crippen molar-refractivity contribution in [1.29, 1.82) is 0 Å². The molecular formula is C12H11F3N4. The van der Waals surface area contributed by atoms with Crippen molar-refractivity contribution in [3.8, 4) is 0 Å². The molecule has 0 fully saturated rings. The van der Waals surface area contributed by atoms with Gasteiger partial charge in [0.15, 0.2) is 0 Å². The molecule has 3 N–H and O–H groups in total. The number of aromatic nitrogens is 2. The zero-order valence-corrected chi connectivity index (χ0v) is 9.78. The van der Waals surface area contributed by atoms with Gasteiger partial charge in [-0.1, -0.05) is 6.07 Å². The highest BCUT2D eigenvalue weighted by molar-refractivity contribution is 5.47. The summed E-state index contributed by atoms with van der Waals surface area (Å²) in [4.78, 5) is 7.71. The van der Waals surface area contributed by atoms with Crippen LogP contribution in [0.1, 0.15) is 11.1 Å². The Balaban J connectivity index is 2.15. The molecule has 2 aromatic heterocycles. The van der Waals surface area contributed by atoms with Crippen LogP contribution in [0, 0.1) is 0 Å². The third kappa shape index (κ3) is 3.57. The van der Waals surface area contributed by atoms with Crippen molar-refractivity contribution >= 4 is 11.6 Å². The van der Waals surface area contributed by atoms with Crippen LogP contribution in [-0.2, 0) is 12.7 Å². The molecule has 19 heavy (non-hydrogen) atoms. The summed E-state index contributed by atoms with van der Waals surface area (Å²) in [5.74, 6) is -0.0975. The van der Waals surface area contributed by atoms with Gasteiger partial charge in [0.25, 0.3) is 0 Å². The molecule has 0 aliphatic heterocycles. The second-order valence-corrected chi connectivity index (χ2v) is 3.88. The van der Waals surface area contributed by atoms with Gasteiger partial charge < -0.3 is 11.1 Å². The number of anilines is 2. The number of nitrogens with one attached hydrogen (secondary N) is 1. The quantitative estimate of drug-likeness (QED) is 0.898. The van der Waals surface area contributed by atoms with Crippen LogP contribution < -0.4 is 11.1 Å². The van der Waals surface area contributed by atoms with E-state index in [1.807, 2.05) is 0 Å². The Labute approximate surface area is 107 Å². The second kappa shape index (κ2) is 5.13. The Hall–Kier alpha value is -2.31. The van der Waals surface area contributed by atoms with Gasteiger partial charge in [0.1, 0.15) is 11.6 Å². The van der Waals surface area contributed by atoms with Crippen molar-refractivity contribution in [2.45, 2.75) is 12.7 Å². The zero-order chi connectivity index (χ0) is 13.9. The highest BCUT2D eigenvalue weighted by Crippen LogP contribution is 2.31. The second-order valence-electron chi connectivity index (χ2n) is 3.88. The molecular weight excluding hydrogens is 257 g/mol. The highest BCUT2D eigenvalue weighted by Gasteiger charge is 2.31. The van der Waals surface area contributed by atoms with Crippen LogP contribution in [0.2, 0.25) is 0 Å². The molecule has 4 nitrogen and oxygen atoms in total. The summed E-state index contributed by atoms with van der Waals surface area (Å²) in [5, 5.41) is 2.78. The maximum Gasteiger partial charge on any atom is 0.416 e. The van der Waals surface area contributed by atoms with Crippen LogP contribution in [-0.4, -0.2) is 9.97 Å². The zero-order valence-electron chi connectivity index (χ0n) is 9.78. The normalized spacial score (nSPS) is 11.3. The van der Waals surface area contributed by atoms with Crippen molar-refractivity contribution in [1.82, 2.24) is 9.97 Å². The lowest BCUT2D eigenvalue weighted by atomic mass is 10.2. The molecule has 2 rings (SSSR count). The number of pyridine rings is 2. The van der Waals surface area contributed by atoms with E-state index in [-0.39, 0.29) is 11.6 Å². The lowest BCUT2D eigenvalue weighted by Gasteiger charge is -2.11. The molecule has 0 spiro atoms. The van der Waals surface area contributed by atoms with Gasteiger partial charge in [-0.2, -0.15) is 13.2 Å². The smallest absolute Gasteiger partial charge is 0.384 e. The molecule has 0 bridgehead atoms. The minimum atomic E-state index is -4.44. The SMILES string of the molecule is Nc1cc(C(F)(F)F)cc(NCc2cccnc2)n1. The number of hydrogen-bond donors (Lipinski definition) is 2. The van der Waals surface area contributed by atoms with Crippen LogP contribution in [0.25, 0.3) is 0 Å². The van der Waals surface area contributed by atoms with Gasteiger partial charge in [0.2, 0.25) is 0 Å². The van der Waals surface area contributed by atoms with E-state index >= 15 is 0 Å². The van der Waals surface area contributed by atoms with Crippen LogP contribution in [0.3, 0.4) is 0 Å². The van der Waals surface area contributed by atoms with Crippen molar-refractivity contribution in [3.05, 3.63) is 47.8 Å². The predicted molar refractivity (Wildman–Crippen MR) is 65.2 cm³/mol. The highest BCUT2D eigenvalue weighted by atomic mass is 19.4. The number of nitrogen functional groups attached to an aromatic ring is 1. The molecule has 0 saturated carbocycles. The van der Waals surface area contributed by atoms with Crippen molar-refractivity contribution in [3.63, 3.8) is 0 Å². The average molecular weight is 268 g/mol. The molecule has 0 unspecified atom stereocenters. The molecule has 0 radical (unpaired) electrons. The lowest BCUT2D eigenvalue weighted by molar-refractivity contribution is -0.137. The molecule has 0 aliphatic carbocycles. The van der Waals surface area contributed by atoms with E-state index in [2.05, 4.69) is 15.3 Å². The van der Waals surface area contributed by atoms with E-state index in [0.29, 0.717) is 6.54 Å². The number of nitrogens with zero attached hydrogens (tertiary/aromatic N) is 2. The minimum absolute atomic E-state index is 0.0798. The van der Waals surface area contributed by atoms with Crippen molar-refractivity contribution in [2.24, 2.45) is 0 Å². The first kappa shape index (κ1) is 13.1. The predicted octanol–water partition coefficient (Wildman–Crippen LogP) is 2.69. The summed E-state index contributed by atoms with van der Waals surface area (Å²) in [7, 11) is 0. The summed E-state index contributed by atoms with van der Waals surface area (Å²) >= 11 is 0. The average Bonchev–Trinajstić information content (AvgIpc) is 2.36. The fraction of sp³-hybridized carbons (Fsp3) is 0.167. The van der Waals surface area contributed by atoms with E-state index in [1.54, 1.807) is 24.5 Å². The Morgan fingerprint density at radius 1 is 1.26 bits per heavy atom. The fourth-order valence-corrected chi connectivity index (χ4v) is 1.50. The topological polar surface area (TPSA) is 63.8 Å². The number of hydrogen-bond acceptors (Lipinski definition) is 4. The number of halogens is 3. The largest absolute Gasteiger partial charge is 0.416 e. The summed E-state index contributed by atoms with van der Waals surface area (Å²) < 4.78 is 37.8. The van der Waals surface area contributed by atoms with Crippen LogP contribution >= 0.6 is 0 Å². The van der Waals surface area contributed by atoms with Gasteiger partial charge in [-0.3, -0.25) is 4.98 Å². The molecule has 0 aliphatic rings. The number of alkyl halides is 3. The van der Waals surface area contributed by atoms with E-state index in [4.69, 9.17) is 5.73 Å². The third-order valence-corrected chi connectivity index (χ3v) is 2.37. The maximum atomic E-state index is 12.6. The third-order valence-electron chi connectivity index (χ3n) is 2.37. The first-order valence-corrected chi connectivity index (χ1v) is 5.43. The Morgan fingerprint density at radius 3 is 2.68 bits per heavy atom. The lowest BCUT2D eigenvalue weighted by Crippen LogP contribution is -2.09. The standard InChI is InChI=1S/C12H11F3N4/c13-12(14,15)9-4-10(16)19-11(5-9)18-7-8-2-1-3-17-6-8/h1-6H,7H2,(H3,16,18,19). The first-order chi connectivity index (χ1) is 8.95. The van der Waals surface area contributed by atoms with Crippen LogP contribution in [0.15, 0.2) is 36.7 Å². The fourth-order valence-electron chi connectivity index (χ4n) is 1.50. The first-order valence-electron chi connectivity index (χ1n) is 5.43. The molecule has 0 saturated heterocycles.